The molecule has 0 fully saturated rings. The summed E-state index contributed by atoms with van der Waals surface area (Å²) in [5, 5.41) is 27.9. The highest BCUT2D eigenvalue weighted by atomic mass is 15.3. The number of nitrogens with one attached hydrogen (secondary N) is 1. The first kappa shape index (κ1) is 85.9. The average molecular weight is 1900 g/mol. The van der Waals surface area contributed by atoms with Gasteiger partial charge in [-0.2, -0.15) is 19.9 Å². The molecule has 12 heteroatoms. The van der Waals surface area contributed by atoms with Gasteiger partial charge in [0.25, 0.3) is 0 Å². The number of nitrogens with zero attached hydrogens (tertiary/aromatic N) is 11. The number of hydrogen-bond donors (Lipinski definition) is 1. The monoisotopic (exact) mass is 1890 g/mol. The lowest BCUT2D eigenvalue weighted by Gasteiger charge is -2.35. The Morgan fingerprint density at radius 3 is 1.05 bits per heavy atom. The Morgan fingerprint density at radius 2 is 0.554 bits per heavy atom. The third-order valence-corrected chi connectivity index (χ3v) is 31.8. The number of rotatable bonds is 8. The van der Waals surface area contributed by atoms with Gasteiger partial charge in [-0.25, -0.2) is 20.0 Å². The summed E-state index contributed by atoms with van der Waals surface area (Å²) in [5.74, 6) is 5.35. The summed E-state index contributed by atoms with van der Waals surface area (Å²) in [7, 11) is 0. The molecule has 1 aliphatic heterocycles. The minimum atomic E-state index is -0.413. The third-order valence-electron chi connectivity index (χ3n) is 31.8. The third kappa shape index (κ3) is 13.2. The second-order valence-electron chi connectivity index (χ2n) is 41.1. The fourth-order valence-corrected chi connectivity index (χ4v) is 25.0. The smallest absolute Gasteiger partial charge is 0.238 e. The summed E-state index contributed by atoms with van der Waals surface area (Å²) in [4.78, 5) is 42.1. The number of fused-ring (bicyclic) bond motifs is 23. The van der Waals surface area contributed by atoms with Crippen LogP contribution in [0.15, 0.2) is 459 Å². The van der Waals surface area contributed by atoms with Gasteiger partial charge in [0.1, 0.15) is 5.84 Å². The Hall–Kier alpha value is -18.8. The maximum atomic E-state index is 5.40. The quantitative estimate of drug-likeness (QED) is 0.150. The van der Waals surface area contributed by atoms with Crippen molar-refractivity contribution in [3.8, 4) is 90.8 Å². The molecule has 12 nitrogen and oxygen atoms in total. The predicted octanol–water partition coefficient (Wildman–Crippen LogP) is 33.3. The van der Waals surface area contributed by atoms with Crippen LogP contribution < -0.4 is 5.32 Å². The van der Waals surface area contributed by atoms with Crippen molar-refractivity contribution in [3.05, 3.63) is 493 Å². The Labute approximate surface area is 853 Å². The summed E-state index contributed by atoms with van der Waals surface area (Å²) < 4.78 is 6.83. The van der Waals surface area contributed by atoms with Crippen molar-refractivity contribution >= 4 is 153 Å². The van der Waals surface area contributed by atoms with Gasteiger partial charge in [0.2, 0.25) is 17.9 Å². The van der Waals surface area contributed by atoms with E-state index in [1.807, 2.05) is 42.5 Å². The lowest BCUT2D eigenvalue weighted by atomic mass is 9.68. The zero-order valence-corrected chi connectivity index (χ0v) is 82.2. The van der Waals surface area contributed by atoms with E-state index in [2.05, 4.69) is 467 Å². The normalized spacial score (nSPS) is 14.4. The Bertz CT molecular complexity index is 10400. The summed E-state index contributed by atoms with van der Waals surface area (Å²) >= 11 is 0. The van der Waals surface area contributed by atoms with Crippen molar-refractivity contribution in [1.82, 2.24) is 48.9 Å². The zero-order chi connectivity index (χ0) is 98.5. The van der Waals surface area contributed by atoms with Crippen LogP contribution in [0.1, 0.15) is 92.2 Å². The van der Waals surface area contributed by atoms with Gasteiger partial charge in [0.15, 0.2) is 29.5 Å². The van der Waals surface area contributed by atoms with Gasteiger partial charge < -0.3 is 5.32 Å². The Morgan fingerprint density at radius 1 is 0.209 bits per heavy atom. The number of aliphatic imine (C=N–C) groups is 2. The molecule has 0 amide bonds. The molecule has 1 N–H and O–H groups in total. The summed E-state index contributed by atoms with van der Waals surface area (Å²) in [5.41, 5.74) is 28.0. The highest BCUT2D eigenvalue weighted by Crippen LogP contribution is 2.58. The zero-order valence-electron chi connectivity index (χ0n) is 82.2. The summed E-state index contributed by atoms with van der Waals surface area (Å²) in [6.07, 6.45) is -0.413. The van der Waals surface area contributed by atoms with E-state index >= 15 is 0 Å². The van der Waals surface area contributed by atoms with Crippen LogP contribution in [0.4, 0.5) is 0 Å². The van der Waals surface area contributed by atoms with Crippen molar-refractivity contribution in [1.29, 1.82) is 0 Å². The van der Waals surface area contributed by atoms with Gasteiger partial charge in [0, 0.05) is 93.1 Å². The SMILES string of the molecule is CC1(C)c2ccccc2-c2c3c1cccc3cc1c2c2ccccc2n1-c1nc(-c2ccccc2)nc(-c2cc3ccccc3c3ccccc23)n1.CC1(C)c2ccccc2-c2c3c1cccc3cc1c2c2ccccc2n1-c1nc(-c2ccccc2)nc(-c2cccc3ccccc23)n1.CC1(C)c2ccccc2-c2c3c1cccc3cc1c2c2ccccc2n1C1=NC(c2ccc3ccccc3c2)N=C(c2ccccc2)N1. The van der Waals surface area contributed by atoms with Gasteiger partial charge in [0.05, 0.1) is 33.1 Å². The molecule has 0 spiro atoms. The topological polar surface area (TPSA) is 129 Å². The molecule has 3 aliphatic carbocycles. The van der Waals surface area contributed by atoms with E-state index < -0.39 is 6.17 Å². The molecule has 27 aromatic rings. The standard InChI is InChI=1S/C48H32N4.C44H30N4.C44H32N4/c1-48(2)38-24-12-10-22-35(38)44-42-31(18-14-25-39(42)48)28-41-43(44)36-23-11-13-26-40(36)52(41)47-50-45(29-15-4-3-5-16-29)49-46(51-47)37-27-30-17-6-7-19-32(30)33-20-8-9-21-34(33)37;1-44(2)34-23-10-8-20-32(34)40-38-29(18-13-24-35(38)44)26-37-39(40)33-21-9-11-25-36(33)48(37)43-46-41(28-15-4-3-5-16-28)45-42(47-43)31-22-12-17-27-14-6-7-19-30(27)31;1-44(2)34-20-10-8-18-32(34)40-38-30(17-12-21-35(38)44)26-37-39(40)33-19-9-11-22-36(33)48(37)43-46-41(28-14-4-3-5-15-28)45-42(47-43)31-24-23-27-13-6-7-16-29(27)25-31/h3-28H,1-2H3;3-26H,1-2H3;3-26,42H,1-2H3,(H,45,46,47). The maximum absolute atomic E-state index is 5.40. The number of hydrogen-bond acceptors (Lipinski definition) is 9. The van der Waals surface area contributed by atoms with Crippen molar-refractivity contribution in [2.45, 2.75) is 64.0 Å². The van der Waals surface area contributed by atoms with Gasteiger partial charge >= 0.3 is 0 Å². The molecule has 0 radical (unpaired) electrons. The number of amidine groups is 1. The highest BCUT2D eigenvalue weighted by Gasteiger charge is 2.41. The summed E-state index contributed by atoms with van der Waals surface area (Å²) in [6, 6.07) is 160. The molecule has 148 heavy (non-hydrogen) atoms. The van der Waals surface area contributed by atoms with E-state index in [4.69, 9.17) is 39.9 Å². The van der Waals surface area contributed by atoms with Gasteiger partial charge in [-0.15, -0.1) is 0 Å². The second kappa shape index (κ2) is 33.1. The molecule has 698 valence electrons. The van der Waals surface area contributed by atoms with Gasteiger partial charge in [-0.1, -0.05) is 442 Å². The van der Waals surface area contributed by atoms with E-state index in [0.29, 0.717) is 35.2 Å². The Kier molecular flexibility index (Phi) is 19.2. The van der Waals surface area contributed by atoms with E-state index in [0.717, 1.165) is 99.8 Å². The van der Waals surface area contributed by atoms with Crippen LogP contribution in [0.2, 0.25) is 0 Å². The van der Waals surface area contributed by atoms with E-state index in [1.54, 1.807) is 0 Å². The maximum Gasteiger partial charge on any atom is 0.238 e. The lowest BCUT2D eigenvalue weighted by Crippen LogP contribution is -2.39. The number of aromatic nitrogens is 9. The fourth-order valence-electron chi connectivity index (χ4n) is 25.0. The molecular formula is C136H94N12. The second-order valence-corrected chi connectivity index (χ2v) is 41.1. The molecule has 0 saturated carbocycles. The molecule has 1 unspecified atom stereocenters. The van der Waals surface area contributed by atoms with Crippen molar-refractivity contribution < 1.29 is 0 Å². The number of benzene rings is 22. The van der Waals surface area contributed by atoms with Gasteiger partial charge in [-0.3, -0.25) is 13.7 Å². The molecule has 5 aromatic heterocycles. The van der Waals surface area contributed by atoms with Crippen LogP contribution in [0, 0.1) is 0 Å². The van der Waals surface area contributed by atoms with Crippen LogP contribution in [0.3, 0.4) is 0 Å². The number of para-hydroxylation sites is 3. The van der Waals surface area contributed by atoms with Crippen LogP contribution in [-0.4, -0.2) is 55.4 Å². The van der Waals surface area contributed by atoms with Crippen LogP contribution in [0.25, 0.3) is 232 Å². The van der Waals surface area contributed by atoms with E-state index in [-0.39, 0.29) is 16.2 Å². The molecule has 4 aliphatic rings. The van der Waals surface area contributed by atoms with Crippen LogP contribution >= 0.6 is 0 Å². The van der Waals surface area contributed by atoms with Crippen molar-refractivity contribution in [2.24, 2.45) is 9.98 Å². The Balaban J connectivity index is 0.000000105. The average Bonchev–Trinajstić information content (AvgIpc) is 1.39. The van der Waals surface area contributed by atoms with Crippen LogP contribution in [0.5, 0.6) is 0 Å². The molecular weight excluding hydrogens is 1800 g/mol. The predicted molar refractivity (Wildman–Crippen MR) is 613 cm³/mol. The minimum Gasteiger partial charge on any atom is -0.310 e. The largest absolute Gasteiger partial charge is 0.310 e. The fraction of sp³-hybridized carbons (Fsp3) is 0.0735. The molecule has 1 atom stereocenters. The molecule has 31 rings (SSSR count). The first-order valence-corrected chi connectivity index (χ1v) is 51.0. The van der Waals surface area contributed by atoms with E-state index in [1.165, 1.54) is 153 Å². The van der Waals surface area contributed by atoms with Crippen LogP contribution in [-0.2, 0) is 16.2 Å². The first-order chi connectivity index (χ1) is 72.7. The molecule has 6 heterocycles. The first-order valence-electron chi connectivity index (χ1n) is 51.0. The highest BCUT2D eigenvalue weighted by molar-refractivity contribution is 6.30. The van der Waals surface area contributed by atoms with Crippen molar-refractivity contribution in [3.63, 3.8) is 0 Å². The molecule has 0 saturated heterocycles. The summed E-state index contributed by atoms with van der Waals surface area (Å²) in [6.45, 7) is 14.1. The lowest BCUT2D eigenvalue weighted by molar-refractivity contribution is 0.645. The minimum absolute atomic E-state index is 0.113. The van der Waals surface area contributed by atoms with Crippen molar-refractivity contribution in [2.75, 3.05) is 0 Å². The molecule has 22 aromatic carbocycles. The van der Waals surface area contributed by atoms with E-state index in [9.17, 15) is 0 Å². The van der Waals surface area contributed by atoms with Gasteiger partial charge in [-0.05, 0) is 180 Å². The molecule has 0 bridgehead atoms.